The fourth-order valence-electron chi connectivity index (χ4n) is 1.47. The Morgan fingerprint density at radius 3 is 2.42 bits per heavy atom. The number of carbonyl (C=O) groups is 2. The molecule has 0 radical (unpaired) electrons. The van der Waals surface area contributed by atoms with E-state index in [0.29, 0.717) is 23.0 Å². The second kappa shape index (κ2) is 7.84. The van der Waals surface area contributed by atoms with Gasteiger partial charge in [-0.05, 0) is 43.9 Å². The lowest BCUT2D eigenvalue weighted by molar-refractivity contribution is 0.101. The van der Waals surface area contributed by atoms with Gasteiger partial charge in [0.05, 0.1) is 0 Å². The van der Waals surface area contributed by atoms with E-state index < -0.39 is 0 Å². The molecule has 0 bridgehead atoms. The number of hydrogen-bond acceptors (Lipinski definition) is 3. The summed E-state index contributed by atoms with van der Waals surface area (Å²) >= 11 is 1.78. The zero-order valence-electron chi connectivity index (χ0n) is 11.5. The quantitative estimate of drug-likeness (QED) is 0.787. The number of nitrogens with one attached hydrogen (secondary N) is 2. The minimum absolute atomic E-state index is 0.0158. The van der Waals surface area contributed by atoms with Gasteiger partial charge in [-0.25, -0.2) is 4.79 Å². The van der Waals surface area contributed by atoms with E-state index in [1.807, 2.05) is 0 Å². The van der Waals surface area contributed by atoms with Crippen molar-refractivity contribution in [1.29, 1.82) is 0 Å². The molecule has 0 saturated carbocycles. The van der Waals surface area contributed by atoms with Crippen LogP contribution in [0.1, 0.15) is 30.6 Å². The van der Waals surface area contributed by atoms with Crippen molar-refractivity contribution in [3.05, 3.63) is 29.8 Å². The molecule has 0 aromatic heterocycles. The highest BCUT2D eigenvalue weighted by molar-refractivity contribution is 7.99. The molecular weight excluding hydrogens is 260 g/mol. The van der Waals surface area contributed by atoms with Gasteiger partial charge in [-0.1, -0.05) is 6.92 Å². The minimum Gasteiger partial charge on any atom is -0.338 e. The van der Waals surface area contributed by atoms with Crippen LogP contribution < -0.4 is 10.6 Å². The van der Waals surface area contributed by atoms with Crippen LogP contribution in [0.5, 0.6) is 0 Å². The Balaban J connectivity index is 2.38. The molecule has 0 heterocycles. The number of benzene rings is 1. The topological polar surface area (TPSA) is 58.2 Å². The molecule has 5 heteroatoms. The van der Waals surface area contributed by atoms with Crippen molar-refractivity contribution >= 4 is 29.3 Å². The van der Waals surface area contributed by atoms with Crippen molar-refractivity contribution < 1.29 is 9.59 Å². The molecule has 104 valence electrons. The molecule has 1 aromatic carbocycles. The van der Waals surface area contributed by atoms with Gasteiger partial charge >= 0.3 is 6.03 Å². The normalized spacial score (nSPS) is 11.7. The Morgan fingerprint density at radius 1 is 1.26 bits per heavy atom. The molecule has 1 unspecified atom stereocenters. The zero-order valence-corrected chi connectivity index (χ0v) is 12.3. The number of Topliss-reactive ketones (excluding diaryl/α,β-unsaturated/α-hetero) is 1. The standard InChI is InChI=1S/C14H20N2O2S/c1-10(19-3)8-9-15-14(18)16-13-6-4-12(5-7-13)11(2)17/h4-7,10H,8-9H2,1-3H3,(H2,15,16,18). The van der Waals surface area contributed by atoms with Gasteiger partial charge in [-0.2, -0.15) is 11.8 Å². The van der Waals surface area contributed by atoms with E-state index in [4.69, 9.17) is 0 Å². The maximum absolute atomic E-state index is 11.6. The first-order chi connectivity index (χ1) is 9.02. The number of urea groups is 1. The molecule has 0 aliphatic carbocycles. The maximum Gasteiger partial charge on any atom is 0.319 e. The Morgan fingerprint density at radius 2 is 1.89 bits per heavy atom. The summed E-state index contributed by atoms with van der Waals surface area (Å²) in [6, 6.07) is 6.63. The summed E-state index contributed by atoms with van der Waals surface area (Å²) in [5, 5.41) is 6.07. The number of amides is 2. The molecule has 0 saturated heterocycles. The van der Waals surface area contributed by atoms with Gasteiger partial charge in [-0.15, -0.1) is 0 Å². The van der Waals surface area contributed by atoms with Gasteiger partial charge in [-0.3, -0.25) is 4.79 Å². The highest BCUT2D eigenvalue weighted by atomic mass is 32.2. The van der Waals surface area contributed by atoms with Crippen LogP contribution in [-0.2, 0) is 0 Å². The SMILES string of the molecule is CSC(C)CCNC(=O)Nc1ccc(C(C)=O)cc1. The maximum atomic E-state index is 11.6. The summed E-state index contributed by atoms with van der Waals surface area (Å²) in [6.45, 7) is 4.30. The first-order valence-corrected chi connectivity index (χ1v) is 7.50. The lowest BCUT2D eigenvalue weighted by atomic mass is 10.1. The van der Waals surface area contributed by atoms with Crippen LogP contribution in [0, 0.1) is 0 Å². The monoisotopic (exact) mass is 280 g/mol. The summed E-state index contributed by atoms with van der Waals surface area (Å²) in [5.74, 6) is 0.0158. The van der Waals surface area contributed by atoms with Gasteiger partial charge in [0.2, 0.25) is 0 Å². The number of anilines is 1. The van der Waals surface area contributed by atoms with Crippen LogP contribution in [0.25, 0.3) is 0 Å². The van der Waals surface area contributed by atoms with Crippen LogP contribution in [0.4, 0.5) is 10.5 Å². The van der Waals surface area contributed by atoms with Gasteiger partial charge in [0.1, 0.15) is 0 Å². The predicted molar refractivity (Wildman–Crippen MR) is 81.1 cm³/mol. The van der Waals surface area contributed by atoms with E-state index in [-0.39, 0.29) is 11.8 Å². The first-order valence-electron chi connectivity index (χ1n) is 6.21. The molecule has 0 fully saturated rings. The molecule has 0 aliphatic rings. The Bertz CT molecular complexity index is 432. The fourth-order valence-corrected chi connectivity index (χ4v) is 1.82. The summed E-state index contributed by atoms with van der Waals surface area (Å²) in [6.07, 6.45) is 3.00. The first kappa shape index (κ1) is 15.6. The molecule has 19 heavy (non-hydrogen) atoms. The van der Waals surface area contributed by atoms with Crippen LogP contribution in [0.2, 0.25) is 0 Å². The fraction of sp³-hybridized carbons (Fsp3) is 0.429. The Hall–Kier alpha value is -1.49. The largest absolute Gasteiger partial charge is 0.338 e. The summed E-state index contributed by atoms with van der Waals surface area (Å²) in [4.78, 5) is 22.7. The molecule has 2 N–H and O–H groups in total. The van der Waals surface area contributed by atoms with E-state index in [0.717, 1.165) is 6.42 Å². The average Bonchev–Trinajstić information content (AvgIpc) is 2.39. The minimum atomic E-state index is -0.219. The van der Waals surface area contributed by atoms with Crippen molar-refractivity contribution in [3.63, 3.8) is 0 Å². The highest BCUT2D eigenvalue weighted by Crippen LogP contribution is 2.10. The van der Waals surface area contributed by atoms with Crippen molar-refractivity contribution in [3.8, 4) is 0 Å². The van der Waals surface area contributed by atoms with Crippen LogP contribution in [0.3, 0.4) is 0 Å². The second-order valence-electron chi connectivity index (χ2n) is 4.35. The predicted octanol–water partition coefficient (Wildman–Crippen LogP) is 3.15. The number of ketones is 1. The highest BCUT2D eigenvalue weighted by Gasteiger charge is 2.04. The Kier molecular flexibility index (Phi) is 6.42. The number of thioether (sulfide) groups is 1. The zero-order chi connectivity index (χ0) is 14.3. The second-order valence-corrected chi connectivity index (χ2v) is 5.63. The molecular formula is C14H20N2O2S. The summed E-state index contributed by atoms with van der Waals surface area (Å²) < 4.78 is 0. The summed E-state index contributed by atoms with van der Waals surface area (Å²) in [7, 11) is 0. The third-order valence-electron chi connectivity index (χ3n) is 2.79. The lowest BCUT2D eigenvalue weighted by Gasteiger charge is -2.10. The van der Waals surface area contributed by atoms with E-state index in [2.05, 4.69) is 23.8 Å². The third kappa shape index (κ3) is 5.79. The third-order valence-corrected chi connectivity index (χ3v) is 3.83. The van der Waals surface area contributed by atoms with Crippen LogP contribution in [0.15, 0.2) is 24.3 Å². The van der Waals surface area contributed by atoms with Crippen LogP contribution >= 0.6 is 11.8 Å². The number of carbonyl (C=O) groups excluding carboxylic acids is 2. The van der Waals surface area contributed by atoms with Gasteiger partial charge < -0.3 is 10.6 Å². The molecule has 0 aliphatic heterocycles. The number of rotatable bonds is 6. The average molecular weight is 280 g/mol. The number of hydrogen-bond donors (Lipinski definition) is 2. The molecule has 4 nitrogen and oxygen atoms in total. The van der Waals surface area contributed by atoms with Gasteiger partial charge in [0, 0.05) is 23.0 Å². The van der Waals surface area contributed by atoms with E-state index in [9.17, 15) is 9.59 Å². The van der Waals surface area contributed by atoms with Gasteiger partial charge in [0.15, 0.2) is 5.78 Å². The van der Waals surface area contributed by atoms with Crippen molar-refractivity contribution in [2.75, 3.05) is 18.1 Å². The summed E-state index contributed by atoms with van der Waals surface area (Å²) in [5.41, 5.74) is 1.32. The van der Waals surface area contributed by atoms with Crippen molar-refractivity contribution in [1.82, 2.24) is 5.32 Å². The van der Waals surface area contributed by atoms with E-state index in [1.54, 1.807) is 36.0 Å². The molecule has 1 atom stereocenters. The van der Waals surface area contributed by atoms with Crippen molar-refractivity contribution in [2.45, 2.75) is 25.5 Å². The van der Waals surface area contributed by atoms with Crippen molar-refractivity contribution in [2.24, 2.45) is 0 Å². The van der Waals surface area contributed by atoms with E-state index >= 15 is 0 Å². The van der Waals surface area contributed by atoms with Gasteiger partial charge in [0.25, 0.3) is 0 Å². The van der Waals surface area contributed by atoms with Crippen LogP contribution in [-0.4, -0.2) is 29.9 Å². The molecule has 2 amide bonds. The smallest absolute Gasteiger partial charge is 0.319 e. The molecule has 0 spiro atoms. The molecule has 1 rings (SSSR count). The lowest BCUT2D eigenvalue weighted by Crippen LogP contribution is -2.30. The Labute approximate surface area is 118 Å². The van der Waals surface area contributed by atoms with E-state index in [1.165, 1.54) is 6.92 Å². The molecule has 1 aromatic rings.